The van der Waals surface area contributed by atoms with Crippen LogP contribution < -0.4 is 5.32 Å². The molecule has 1 aliphatic heterocycles. The number of benzene rings is 1. The smallest absolute Gasteiger partial charge is 0.247 e. The molecule has 5 heteroatoms. The Labute approximate surface area is 142 Å². The zero-order chi connectivity index (χ0) is 17.5. The van der Waals surface area contributed by atoms with Crippen molar-refractivity contribution in [2.45, 2.75) is 64.1 Å². The SMILES string of the molecule is CC(C)(C)NC(=O)C(c1cccc(F)c1)N1C(=O)[C@@H]2CCCC[C@@H]21. The lowest BCUT2D eigenvalue weighted by atomic mass is 9.74. The number of hydrogen-bond acceptors (Lipinski definition) is 2. The predicted octanol–water partition coefficient (Wildman–Crippen LogP) is 3.18. The zero-order valence-electron chi connectivity index (χ0n) is 14.5. The minimum Gasteiger partial charge on any atom is -0.349 e. The molecular weight excluding hydrogens is 307 g/mol. The highest BCUT2D eigenvalue weighted by Crippen LogP contribution is 2.43. The second kappa shape index (κ2) is 6.19. The van der Waals surface area contributed by atoms with Crippen molar-refractivity contribution in [1.82, 2.24) is 10.2 Å². The molecule has 1 saturated heterocycles. The minimum atomic E-state index is -0.758. The molecule has 0 bridgehead atoms. The van der Waals surface area contributed by atoms with Crippen LogP contribution in [0.25, 0.3) is 0 Å². The van der Waals surface area contributed by atoms with Crippen LogP contribution in [-0.4, -0.2) is 28.3 Å². The van der Waals surface area contributed by atoms with Gasteiger partial charge in [-0.2, -0.15) is 0 Å². The van der Waals surface area contributed by atoms with Crippen LogP contribution in [0.2, 0.25) is 0 Å². The molecule has 1 N–H and O–H groups in total. The summed E-state index contributed by atoms with van der Waals surface area (Å²) in [6, 6.07) is 5.36. The third-order valence-electron chi connectivity index (χ3n) is 4.85. The quantitative estimate of drug-likeness (QED) is 0.864. The van der Waals surface area contributed by atoms with Gasteiger partial charge in [-0.3, -0.25) is 9.59 Å². The van der Waals surface area contributed by atoms with Gasteiger partial charge in [0.1, 0.15) is 11.9 Å². The Kier molecular flexibility index (Phi) is 4.37. The highest BCUT2D eigenvalue weighted by molar-refractivity contribution is 5.93. The number of nitrogens with zero attached hydrogens (tertiary/aromatic N) is 1. The first-order chi connectivity index (χ1) is 11.3. The van der Waals surface area contributed by atoms with Crippen LogP contribution in [0.15, 0.2) is 24.3 Å². The second-order valence-electron chi connectivity index (χ2n) is 7.90. The van der Waals surface area contributed by atoms with Gasteiger partial charge >= 0.3 is 0 Å². The average Bonchev–Trinajstić information content (AvgIpc) is 2.50. The summed E-state index contributed by atoms with van der Waals surface area (Å²) in [4.78, 5) is 27.2. The fourth-order valence-corrected chi connectivity index (χ4v) is 3.88. The lowest BCUT2D eigenvalue weighted by molar-refractivity contribution is -0.169. The molecule has 0 radical (unpaired) electrons. The normalized spacial score (nSPS) is 24.8. The van der Waals surface area contributed by atoms with Gasteiger partial charge in [-0.1, -0.05) is 25.0 Å². The Morgan fingerprint density at radius 3 is 2.67 bits per heavy atom. The Balaban J connectivity index is 1.93. The molecule has 2 aliphatic rings. The van der Waals surface area contributed by atoms with Crippen LogP contribution in [0.3, 0.4) is 0 Å². The van der Waals surface area contributed by atoms with Crippen LogP contribution in [0.4, 0.5) is 4.39 Å². The number of amides is 2. The molecule has 130 valence electrons. The van der Waals surface area contributed by atoms with Gasteiger partial charge in [0.05, 0.1) is 5.92 Å². The van der Waals surface area contributed by atoms with Crippen molar-refractivity contribution < 1.29 is 14.0 Å². The van der Waals surface area contributed by atoms with E-state index >= 15 is 0 Å². The van der Waals surface area contributed by atoms with E-state index in [1.807, 2.05) is 20.8 Å². The molecule has 1 aliphatic carbocycles. The number of fused-ring (bicyclic) bond motifs is 1. The average molecular weight is 332 g/mol. The zero-order valence-corrected chi connectivity index (χ0v) is 14.5. The van der Waals surface area contributed by atoms with E-state index in [1.165, 1.54) is 12.1 Å². The van der Waals surface area contributed by atoms with E-state index in [0.717, 1.165) is 25.7 Å². The number of likely N-dealkylation sites (tertiary alicyclic amines) is 1. The van der Waals surface area contributed by atoms with Crippen molar-refractivity contribution >= 4 is 11.8 Å². The van der Waals surface area contributed by atoms with Gasteiger partial charge in [-0.05, 0) is 51.3 Å². The lowest BCUT2D eigenvalue weighted by Gasteiger charge is -2.53. The molecule has 0 spiro atoms. The summed E-state index contributed by atoms with van der Waals surface area (Å²) < 4.78 is 13.7. The maximum Gasteiger partial charge on any atom is 0.247 e. The second-order valence-corrected chi connectivity index (χ2v) is 7.90. The highest BCUT2D eigenvalue weighted by Gasteiger charge is 2.52. The largest absolute Gasteiger partial charge is 0.349 e. The van der Waals surface area contributed by atoms with Crippen molar-refractivity contribution in [2.75, 3.05) is 0 Å². The number of nitrogens with one attached hydrogen (secondary N) is 1. The maximum atomic E-state index is 13.7. The third-order valence-corrected chi connectivity index (χ3v) is 4.85. The van der Waals surface area contributed by atoms with E-state index in [1.54, 1.807) is 17.0 Å². The van der Waals surface area contributed by atoms with Crippen molar-refractivity contribution in [3.05, 3.63) is 35.6 Å². The molecular formula is C19H25FN2O2. The fourth-order valence-electron chi connectivity index (χ4n) is 3.88. The van der Waals surface area contributed by atoms with Crippen molar-refractivity contribution in [2.24, 2.45) is 5.92 Å². The van der Waals surface area contributed by atoms with Gasteiger partial charge in [0.15, 0.2) is 0 Å². The molecule has 2 amide bonds. The predicted molar refractivity (Wildman–Crippen MR) is 89.6 cm³/mol. The van der Waals surface area contributed by atoms with E-state index in [9.17, 15) is 14.0 Å². The van der Waals surface area contributed by atoms with Gasteiger partial charge in [-0.15, -0.1) is 0 Å². The first kappa shape index (κ1) is 16.9. The Hall–Kier alpha value is -1.91. The van der Waals surface area contributed by atoms with E-state index in [-0.39, 0.29) is 23.8 Å². The summed E-state index contributed by atoms with van der Waals surface area (Å²) in [7, 11) is 0. The van der Waals surface area contributed by atoms with Crippen LogP contribution in [0.1, 0.15) is 58.1 Å². The number of carbonyl (C=O) groups is 2. The van der Waals surface area contributed by atoms with Crippen LogP contribution in [-0.2, 0) is 9.59 Å². The van der Waals surface area contributed by atoms with Gasteiger partial charge in [0.25, 0.3) is 0 Å². The summed E-state index contributed by atoms with van der Waals surface area (Å²) in [6.07, 6.45) is 3.96. The lowest BCUT2D eigenvalue weighted by Crippen LogP contribution is -2.65. The molecule has 0 aromatic heterocycles. The molecule has 4 nitrogen and oxygen atoms in total. The van der Waals surface area contributed by atoms with Crippen LogP contribution in [0, 0.1) is 11.7 Å². The molecule has 1 unspecified atom stereocenters. The Bertz CT molecular complexity index is 653. The first-order valence-corrected chi connectivity index (χ1v) is 8.67. The van der Waals surface area contributed by atoms with Crippen LogP contribution in [0.5, 0.6) is 0 Å². The third kappa shape index (κ3) is 3.17. The van der Waals surface area contributed by atoms with E-state index in [2.05, 4.69) is 5.32 Å². The molecule has 3 atom stereocenters. The number of rotatable bonds is 3. The van der Waals surface area contributed by atoms with E-state index in [0.29, 0.717) is 5.56 Å². The molecule has 1 saturated carbocycles. The molecule has 24 heavy (non-hydrogen) atoms. The summed E-state index contributed by atoms with van der Waals surface area (Å²) in [6.45, 7) is 5.69. The first-order valence-electron chi connectivity index (χ1n) is 8.67. The van der Waals surface area contributed by atoms with Gasteiger partial charge in [0.2, 0.25) is 11.8 Å². The maximum absolute atomic E-state index is 13.7. The highest BCUT2D eigenvalue weighted by atomic mass is 19.1. The standard InChI is InChI=1S/C19H25FN2O2/c1-19(2,3)21-17(23)16(12-7-6-8-13(20)11-12)22-15-10-5-4-9-14(15)18(22)24/h6-8,11,14-16H,4-5,9-10H2,1-3H3,(H,21,23)/t14-,15+,16?/m1/s1. The van der Waals surface area contributed by atoms with Crippen molar-refractivity contribution in [3.63, 3.8) is 0 Å². The van der Waals surface area contributed by atoms with Gasteiger partial charge < -0.3 is 10.2 Å². The van der Waals surface area contributed by atoms with Crippen LogP contribution >= 0.6 is 0 Å². The van der Waals surface area contributed by atoms with Gasteiger partial charge in [0, 0.05) is 11.6 Å². The Morgan fingerprint density at radius 2 is 2.00 bits per heavy atom. The summed E-state index contributed by atoms with van der Waals surface area (Å²) in [5.41, 5.74) is 0.122. The molecule has 1 aromatic carbocycles. The summed E-state index contributed by atoms with van der Waals surface area (Å²) >= 11 is 0. The number of halogens is 1. The molecule has 2 fully saturated rings. The summed E-state index contributed by atoms with van der Waals surface area (Å²) in [5.74, 6) is -0.574. The summed E-state index contributed by atoms with van der Waals surface area (Å²) in [5, 5.41) is 2.95. The van der Waals surface area contributed by atoms with Crippen molar-refractivity contribution in [1.29, 1.82) is 0 Å². The molecule has 1 heterocycles. The van der Waals surface area contributed by atoms with E-state index in [4.69, 9.17) is 0 Å². The van der Waals surface area contributed by atoms with E-state index < -0.39 is 17.4 Å². The number of carbonyl (C=O) groups excluding carboxylic acids is 2. The minimum absolute atomic E-state index is 0.0259. The number of hydrogen-bond donors (Lipinski definition) is 1. The number of β-lactam (4-membered cyclic amide) rings is 1. The molecule has 1 aromatic rings. The van der Waals surface area contributed by atoms with Gasteiger partial charge in [-0.25, -0.2) is 4.39 Å². The molecule has 3 rings (SSSR count). The Morgan fingerprint density at radius 1 is 1.29 bits per heavy atom. The van der Waals surface area contributed by atoms with Crippen molar-refractivity contribution in [3.8, 4) is 0 Å². The fraction of sp³-hybridized carbons (Fsp3) is 0.579. The monoisotopic (exact) mass is 332 g/mol. The topological polar surface area (TPSA) is 49.4 Å².